The summed E-state index contributed by atoms with van der Waals surface area (Å²) in [4.78, 5) is 11.5. The molecule has 0 amide bonds. The first kappa shape index (κ1) is 11.7. The van der Waals surface area contributed by atoms with Crippen LogP contribution in [-0.2, 0) is 4.74 Å². The van der Waals surface area contributed by atoms with Crippen molar-refractivity contribution >= 4 is 27.8 Å². The molecule has 0 bridgehead atoms. The molecular formula is C11H9BrN2O3. The van der Waals surface area contributed by atoms with Crippen LogP contribution < -0.4 is 5.73 Å². The van der Waals surface area contributed by atoms with Gasteiger partial charge in [-0.15, -0.1) is 0 Å². The van der Waals surface area contributed by atoms with Crippen LogP contribution >= 0.6 is 15.9 Å². The van der Waals surface area contributed by atoms with Gasteiger partial charge in [-0.1, -0.05) is 33.2 Å². The molecule has 0 aliphatic rings. The minimum atomic E-state index is -0.580. The minimum Gasteiger partial charge on any atom is -0.464 e. The van der Waals surface area contributed by atoms with Crippen LogP contribution in [0.1, 0.15) is 10.5 Å². The predicted octanol–water partition coefficient (Wildman–Crippen LogP) is 2.47. The zero-order valence-corrected chi connectivity index (χ0v) is 10.5. The molecule has 0 spiro atoms. The Kier molecular flexibility index (Phi) is 3.14. The first-order chi connectivity index (χ1) is 8.13. The van der Waals surface area contributed by atoms with Crippen molar-refractivity contribution in [3.63, 3.8) is 0 Å². The maximum Gasteiger partial charge on any atom is 0.361 e. The molecule has 2 rings (SSSR count). The number of rotatable bonds is 2. The summed E-state index contributed by atoms with van der Waals surface area (Å²) in [6, 6.07) is 7.28. The number of carbonyl (C=O) groups is 1. The lowest BCUT2D eigenvalue weighted by Crippen LogP contribution is -2.03. The van der Waals surface area contributed by atoms with E-state index in [1.54, 1.807) is 12.1 Å². The van der Waals surface area contributed by atoms with Crippen molar-refractivity contribution in [2.24, 2.45) is 0 Å². The second-order valence-corrected chi connectivity index (χ2v) is 4.18. The Labute approximate surface area is 106 Å². The molecule has 17 heavy (non-hydrogen) atoms. The Morgan fingerprint density at radius 3 is 2.65 bits per heavy atom. The van der Waals surface area contributed by atoms with Gasteiger partial charge in [-0.25, -0.2) is 4.79 Å². The first-order valence-electron chi connectivity index (χ1n) is 4.73. The number of esters is 1. The van der Waals surface area contributed by atoms with Gasteiger partial charge in [0.05, 0.1) is 12.7 Å². The highest BCUT2D eigenvalue weighted by atomic mass is 79.9. The molecule has 2 N–H and O–H groups in total. The number of hydrogen-bond acceptors (Lipinski definition) is 5. The van der Waals surface area contributed by atoms with Crippen LogP contribution in [0.15, 0.2) is 33.3 Å². The zero-order valence-electron chi connectivity index (χ0n) is 8.94. The highest BCUT2D eigenvalue weighted by Crippen LogP contribution is 2.30. The standard InChI is InChI=1S/C11H9BrN2O3/c1-16-11(15)9-8(10(13)17-14-9)6-2-4-7(12)5-3-6/h2-5H,13H2,1H3. The number of anilines is 1. The Balaban J connectivity index is 2.54. The molecule has 1 heterocycles. The van der Waals surface area contributed by atoms with Crippen LogP contribution in [0.4, 0.5) is 5.88 Å². The lowest BCUT2D eigenvalue weighted by molar-refractivity contribution is 0.0590. The van der Waals surface area contributed by atoms with Crippen LogP contribution in [0.5, 0.6) is 0 Å². The van der Waals surface area contributed by atoms with E-state index in [0.29, 0.717) is 5.56 Å². The van der Waals surface area contributed by atoms with E-state index in [2.05, 4.69) is 25.8 Å². The maximum absolute atomic E-state index is 11.5. The third-order valence-electron chi connectivity index (χ3n) is 2.23. The van der Waals surface area contributed by atoms with Gasteiger partial charge in [-0.05, 0) is 17.7 Å². The summed E-state index contributed by atoms with van der Waals surface area (Å²) in [6.07, 6.45) is 0. The minimum absolute atomic E-state index is 0.0762. The smallest absolute Gasteiger partial charge is 0.361 e. The number of halogens is 1. The van der Waals surface area contributed by atoms with E-state index < -0.39 is 5.97 Å². The van der Waals surface area contributed by atoms with Crippen molar-refractivity contribution in [2.45, 2.75) is 0 Å². The van der Waals surface area contributed by atoms with Gasteiger partial charge in [0.15, 0.2) is 0 Å². The normalized spacial score (nSPS) is 10.2. The van der Waals surface area contributed by atoms with Gasteiger partial charge in [0, 0.05) is 4.47 Å². The number of hydrogen-bond donors (Lipinski definition) is 1. The quantitative estimate of drug-likeness (QED) is 0.861. The number of benzene rings is 1. The number of carbonyl (C=O) groups excluding carboxylic acids is 1. The average Bonchev–Trinajstić information content (AvgIpc) is 2.71. The van der Waals surface area contributed by atoms with E-state index in [9.17, 15) is 4.79 Å². The summed E-state index contributed by atoms with van der Waals surface area (Å²) in [5, 5.41) is 3.60. The van der Waals surface area contributed by atoms with Crippen LogP contribution in [-0.4, -0.2) is 18.2 Å². The number of nitrogen functional groups attached to an aromatic ring is 1. The van der Waals surface area contributed by atoms with E-state index in [-0.39, 0.29) is 11.6 Å². The Morgan fingerprint density at radius 2 is 2.06 bits per heavy atom. The van der Waals surface area contributed by atoms with E-state index in [4.69, 9.17) is 10.3 Å². The fraction of sp³-hybridized carbons (Fsp3) is 0.0909. The summed E-state index contributed by atoms with van der Waals surface area (Å²) in [6.45, 7) is 0. The van der Waals surface area contributed by atoms with Gasteiger partial charge >= 0.3 is 5.97 Å². The fourth-order valence-electron chi connectivity index (χ4n) is 1.43. The number of nitrogens with zero attached hydrogens (tertiary/aromatic N) is 1. The highest BCUT2D eigenvalue weighted by Gasteiger charge is 2.22. The van der Waals surface area contributed by atoms with E-state index in [0.717, 1.165) is 10.0 Å². The summed E-state index contributed by atoms with van der Waals surface area (Å²) in [5.74, 6) is -0.490. The van der Waals surface area contributed by atoms with Gasteiger partial charge in [0.25, 0.3) is 0 Å². The average molecular weight is 297 g/mol. The van der Waals surface area contributed by atoms with Gasteiger partial charge in [0.2, 0.25) is 11.6 Å². The molecule has 0 unspecified atom stereocenters. The van der Waals surface area contributed by atoms with Crippen LogP contribution in [0.25, 0.3) is 11.1 Å². The molecule has 0 aliphatic carbocycles. The number of ether oxygens (including phenoxy) is 1. The molecule has 6 heteroatoms. The molecule has 0 saturated heterocycles. The number of aromatic nitrogens is 1. The van der Waals surface area contributed by atoms with Gasteiger partial charge in [-0.2, -0.15) is 0 Å². The third-order valence-corrected chi connectivity index (χ3v) is 2.76. The summed E-state index contributed by atoms with van der Waals surface area (Å²) in [5.41, 5.74) is 6.92. The van der Waals surface area contributed by atoms with E-state index in [1.165, 1.54) is 7.11 Å². The molecule has 0 atom stereocenters. The van der Waals surface area contributed by atoms with E-state index in [1.807, 2.05) is 12.1 Å². The van der Waals surface area contributed by atoms with Crippen LogP contribution in [0.3, 0.4) is 0 Å². The molecule has 1 aromatic heterocycles. The molecule has 5 nitrogen and oxygen atoms in total. The number of methoxy groups -OCH3 is 1. The van der Waals surface area contributed by atoms with E-state index >= 15 is 0 Å². The summed E-state index contributed by atoms with van der Waals surface area (Å²) >= 11 is 3.33. The summed E-state index contributed by atoms with van der Waals surface area (Å²) < 4.78 is 10.4. The molecule has 0 fully saturated rings. The van der Waals surface area contributed by atoms with Crippen molar-refractivity contribution in [1.29, 1.82) is 0 Å². The largest absolute Gasteiger partial charge is 0.464 e. The topological polar surface area (TPSA) is 78.3 Å². The SMILES string of the molecule is COC(=O)c1noc(N)c1-c1ccc(Br)cc1. The van der Waals surface area contributed by atoms with Crippen molar-refractivity contribution in [2.75, 3.05) is 12.8 Å². The molecule has 0 radical (unpaired) electrons. The Hall–Kier alpha value is -1.82. The highest BCUT2D eigenvalue weighted by molar-refractivity contribution is 9.10. The fourth-order valence-corrected chi connectivity index (χ4v) is 1.70. The number of nitrogens with two attached hydrogens (primary N) is 1. The molecule has 2 aromatic rings. The molecule has 0 saturated carbocycles. The van der Waals surface area contributed by atoms with Crippen LogP contribution in [0, 0.1) is 0 Å². The lowest BCUT2D eigenvalue weighted by atomic mass is 10.1. The van der Waals surface area contributed by atoms with Crippen molar-refractivity contribution in [1.82, 2.24) is 5.16 Å². The van der Waals surface area contributed by atoms with Crippen LogP contribution in [0.2, 0.25) is 0 Å². The molecular weight excluding hydrogens is 288 g/mol. The molecule has 88 valence electrons. The van der Waals surface area contributed by atoms with Crippen molar-refractivity contribution in [3.05, 3.63) is 34.4 Å². The third kappa shape index (κ3) is 2.16. The first-order valence-corrected chi connectivity index (χ1v) is 5.52. The second-order valence-electron chi connectivity index (χ2n) is 3.27. The monoisotopic (exact) mass is 296 g/mol. The van der Waals surface area contributed by atoms with Crippen molar-refractivity contribution in [3.8, 4) is 11.1 Å². The Morgan fingerprint density at radius 1 is 1.41 bits per heavy atom. The lowest BCUT2D eigenvalue weighted by Gasteiger charge is -2.01. The predicted molar refractivity (Wildman–Crippen MR) is 65.4 cm³/mol. The molecule has 1 aromatic carbocycles. The summed E-state index contributed by atoms with van der Waals surface area (Å²) in [7, 11) is 1.28. The second kappa shape index (κ2) is 4.58. The maximum atomic E-state index is 11.5. The van der Waals surface area contributed by atoms with Crippen molar-refractivity contribution < 1.29 is 14.1 Å². The zero-order chi connectivity index (χ0) is 12.4. The van der Waals surface area contributed by atoms with Gasteiger partial charge in [0.1, 0.15) is 0 Å². The Bertz CT molecular complexity index is 548. The molecule has 0 aliphatic heterocycles. The van der Waals surface area contributed by atoms with Gasteiger partial charge < -0.3 is 15.0 Å². The van der Waals surface area contributed by atoms with Gasteiger partial charge in [-0.3, -0.25) is 0 Å².